The molecule has 2 aromatic carbocycles. The Hall–Kier alpha value is -2.34. The van der Waals surface area contributed by atoms with Gasteiger partial charge >= 0.3 is 0 Å². The van der Waals surface area contributed by atoms with Crippen molar-refractivity contribution in [3.63, 3.8) is 0 Å². The van der Waals surface area contributed by atoms with E-state index in [1.807, 2.05) is 24.3 Å². The molecule has 5 nitrogen and oxygen atoms in total. The molecule has 1 amide bonds. The molecule has 0 aliphatic carbocycles. The quantitative estimate of drug-likeness (QED) is 0.831. The maximum Gasteiger partial charge on any atom is 0.224 e. The summed E-state index contributed by atoms with van der Waals surface area (Å²) in [6.07, 6.45) is 1.89. The Morgan fingerprint density at radius 2 is 1.75 bits per heavy atom. The molecule has 0 radical (unpaired) electrons. The van der Waals surface area contributed by atoms with Crippen molar-refractivity contribution in [1.29, 1.82) is 0 Å². The fourth-order valence-electron chi connectivity index (χ4n) is 2.39. The van der Waals surface area contributed by atoms with Gasteiger partial charge in [0.1, 0.15) is 5.75 Å². The average molecular weight is 347 g/mol. The van der Waals surface area contributed by atoms with Gasteiger partial charge in [-0.2, -0.15) is 0 Å². The minimum Gasteiger partial charge on any atom is -0.497 e. The number of hydrogen-bond acceptors (Lipinski definition) is 4. The summed E-state index contributed by atoms with van der Waals surface area (Å²) in [4.78, 5) is 12.3. The molecule has 2 rings (SSSR count). The molecule has 128 valence electrons. The number of rotatable bonds is 7. The van der Waals surface area contributed by atoms with Gasteiger partial charge in [-0.15, -0.1) is 0 Å². The van der Waals surface area contributed by atoms with Gasteiger partial charge in [0.15, 0.2) is 9.84 Å². The second-order valence-corrected chi connectivity index (χ2v) is 7.49. The van der Waals surface area contributed by atoms with Gasteiger partial charge in [0.05, 0.1) is 18.4 Å². The van der Waals surface area contributed by atoms with Crippen LogP contribution in [-0.4, -0.2) is 34.2 Å². The largest absolute Gasteiger partial charge is 0.497 e. The molecule has 0 heterocycles. The summed E-state index contributed by atoms with van der Waals surface area (Å²) in [5, 5.41) is 2.82. The summed E-state index contributed by atoms with van der Waals surface area (Å²) in [5.41, 5.74) is 1.61. The molecular formula is C18H21NO4S. The lowest BCUT2D eigenvalue weighted by molar-refractivity contribution is -0.120. The van der Waals surface area contributed by atoms with Crippen LogP contribution in [0.4, 0.5) is 0 Å². The number of amides is 1. The van der Waals surface area contributed by atoms with Crippen LogP contribution in [0.25, 0.3) is 0 Å². The summed E-state index contributed by atoms with van der Waals surface area (Å²) in [6, 6.07) is 14.2. The zero-order valence-electron chi connectivity index (χ0n) is 13.8. The van der Waals surface area contributed by atoms with E-state index in [-0.39, 0.29) is 17.2 Å². The highest BCUT2D eigenvalue weighted by Gasteiger charge is 2.14. The summed E-state index contributed by atoms with van der Waals surface area (Å²) >= 11 is 0. The fraction of sp³-hybridized carbons (Fsp3) is 0.278. The van der Waals surface area contributed by atoms with Crippen molar-refractivity contribution in [3.05, 3.63) is 59.7 Å². The first-order chi connectivity index (χ1) is 11.4. The Morgan fingerprint density at radius 1 is 1.08 bits per heavy atom. The van der Waals surface area contributed by atoms with E-state index in [4.69, 9.17) is 4.74 Å². The molecule has 0 bridgehead atoms. The van der Waals surface area contributed by atoms with E-state index in [1.165, 1.54) is 6.07 Å². The first-order valence-corrected chi connectivity index (χ1v) is 9.47. The molecule has 0 fully saturated rings. The van der Waals surface area contributed by atoms with Crippen molar-refractivity contribution < 1.29 is 17.9 Å². The van der Waals surface area contributed by atoms with Crippen LogP contribution < -0.4 is 10.1 Å². The van der Waals surface area contributed by atoms with Gasteiger partial charge in [-0.25, -0.2) is 8.42 Å². The molecule has 0 atom stereocenters. The standard InChI is InChI=1S/C18H21NO4S/c1-23-16-9-7-14(8-10-16)11-12-19-18(20)13-15-5-3-4-6-17(15)24(2,21)22/h3-10H,11-13H2,1-2H3,(H,19,20). The lowest BCUT2D eigenvalue weighted by Crippen LogP contribution is -2.27. The fourth-order valence-corrected chi connectivity index (χ4v) is 3.33. The molecule has 0 spiro atoms. The van der Waals surface area contributed by atoms with Crippen LogP contribution in [-0.2, 0) is 27.5 Å². The second kappa shape index (κ2) is 7.97. The SMILES string of the molecule is COc1ccc(CCNC(=O)Cc2ccccc2S(C)(=O)=O)cc1. The number of carbonyl (C=O) groups is 1. The molecule has 6 heteroatoms. The minimum atomic E-state index is -3.34. The minimum absolute atomic E-state index is 0.0475. The number of nitrogens with one attached hydrogen (secondary N) is 1. The number of carbonyl (C=O) groups excluding carboxylic acids is 1. The van der Waals surface area contributed by atoms with Crippen LogP contribution in [0.2, 0.25) is 0 Å². The smallest absolute Gasteiger partial charge is 0.224 e. The van der Waals surface area contributed by atoms with Crippen LogP contribution in [0.15, 0.2) is 53.4 Å². The van der Waals surface area contributed by atoms with Crippen molar-refractivity contribution in [2.24, 2.45) is 0 Å². The molecule has 24 heavy (non-hydrogen) atoms. The van der Waals surface area contributed by atoms with E-state index in [0.717, 1.165) is 17.6 Å². The van der Waals surface area contributed by atoms with E-state index in [1.54, 1.807) is 25.3 Å². The number of methoxy groups -OCH3 is 1. The Morgan fingerprint density at radius 3 is 2.38 bits per heavy atom. The number of ether oxygens (including phenoxy) is 1. The van der Waals surface area contributed by atoms with Crippen molar-refractivity contribution in [2.45, 2.75) is 17.7 Å². The Labute approximate surface area is 142 Å². The van der Waals surface area contributed by atoms with E-state index >= 15 is 0 Å². The highest BCUT2D eigenvalue weighted by molar-refractivity contribution is 7.90. The monoisotopic (exact) mass is 347 g/mol. The van der Waals surface area contributed by atoms with Crippen molar-refractivity contribution in [3.8, 4) is 5.75 Å². The predicted molar refractivity (Wildman–Crippen MR) is 93.0 cm³/mol. The average Bonchev–Trinajstić information content (AvgIpc) is 2.55. The summed E-state index contributed by atoms with van der Waals surface area (Å²) in [7, 11) is -1.73. The van der Waals surface area contributed by atoms with Crippen LogP contribution in [0.5, 0.6) is 5.75 Å². The van der Waals surface area contributed by atoms with Gasteiger partial charge in [-0.1, -0.05) is 30.3 Å². The first kappa shape index (κ1) is 18.0. The molecule has 0 unspecified atom stereocenters. The maximum atomic E-state index is 12.1. The third-order valence-electron chi connectivity index (χ3n) is 3.62. The van der Waals surface area contributed by atoms with E-state index in [9.17, 15) is 13.2 Å². The van der Waals surface area contributed by atoms with Gasteiger partial charge in [-0.3, -0.25) is 4.79 Å². The van der Waals surface area contributed by atoms with E-state index < -0.39 is 9.84 Å². The molecule has 0 aliphatic heterocycles. The van der Waals surface area contributed by atoms with Crippen LogP contribution in [0, 0.1) is 0 Å². The van der Waals surface area contributed by atoms with Crippen molar-refractivity contribution in [1.82, 2.24) is 5.32 Å². The third kappa shape index (κ3) is 5.09. The van der Waals surface area contributed by atoms with Crippen molar-refractivity contribution >= 4 is 15.7 Å². The van der Waals surface area contributed by atoms with Gasteiger partial charge in [0.25, 0.3) is 0 Å². The molecule has 0 aromatic heterocycles. The Kier molecular flexibility index (Phi) is 5.98. The van der Waals surface area contributed by atoms with E-state index in [0.29, 0.717) is 18.5 Å². The molecular weight excluding hydrogens is 326 g/mol. The van der Waals surface area contributed by atoms with Crippen LogP contribution in [0.1, 0.15) is 11.1 Å². The van der Waals surface area contributed by atoms with Crippen LogP contribution >= 0.6 is 0 Å². The molecule has 0 saturated heterocycles. The summed E-state index contributed by atoms with van der Waals surface area (Å²) in [6.45, 7) is 0.492. The zero-order chi connectivity index (χ0) is 17.6. The topological polar surface area (TPSA) is 72.5 Å². The van der Waals surface area contributed by atoms with Crippen LogP contribution in [0.3, 0.4) is 0 Å². The van der Waals surface area contributed by atoms with Gasteiger partial charge in [0, 0.05) is 12.8 Å². The number of benzene rings is 2. The number of hydrogen-bond donors (Lipinski definition) is 1. The highest BCUT2D eigenvalue weighted by Crippen LogP contribution is 2.16. The van der Waals surface area contributed by atoms with Gasteiger partial charge in [-0.05, 0) is 35.7 Å². The molecule has 0 aliphatic rings. The third-order valence-corrected chi connectivity index (χ3v) is 4.82. The summed E-state index contributed by atoms with van der Waals surface area (Å²) < 4.78 is 28.6. The lowest BCUT2D eigenvalue weighted by Gasteiger charge is -2.09. The van der Waals surface area contributed by atoms with Gasteiger partial charge in [0.2, 0.25) is 5.91 Å². The first-order valence-electron chi connectivity index (χ1n) is 7.58. The van der Waals surface area contributed by atoms with Crippen molar-refractivity contribution in [2.75, 3.05) is 19.9 Å². The highest BCUT2D eigenvalue weighted by atomic mass is 32.2. The summed E-state index contributed by atoms with van der Waals surface area (Å²) in [5.74, 6) is 0.597. The Balaban J connectivity index is 1.90. The van der Waals surface area contributed by atoms with E-state index in [2.05, 4.69) is 5.32 Å². The maximum absolute atomic E-state index is 12.1. The van der Waals surface area contributed by atoms with Gasteiger partial charge < -0.3 is 10.1 Å². The second-order valence-electron chi connectivity index (χ2n) is 5.50. The zero-order valence-corrected chi connectivity index (χ0v) is 14.6. The number of sulfone groups is 1. The lowest BCUT2D eigenvalue weighted by atomic mass is 10.1. The molecule has 1 N–H and O–H groups in total. The molecule has 0 saturated carbocycles. The predicted octanol–water partition coefficient (Wildman–Crippen LogP) is 2.00. The normalized spacial score (nSPS) is 11.1. The Bertz CT molecular complexity index is 798. The molecule has 2 aromatic rings.